The predicted molar refractivity (Wildman–Crippen MR) is 74.1 cm³/mol. The molecule has 0 radical (unpaired) electrons. The van der Waals surface area contributed by atoms with Crippen LogP contribution in [-0.4, -0.2) is 11.5 Å². The van der Waals surface area contributed by atoms with Gasteiger partial charge in [0.05, 0.1) is 4.92 Å². The topological polar surface area (TPSA) is 46.4 Å². The Hall–Kier alpha value is -2.02. The van der Waals surface area contributed by atoms with E-state index in [-0.39, 0.29) is 5.00 Å². The van der Waals surface area contributed by atoms with Gasteiger partial charge >= 0.3 is 5.00 Å². The number of halogens is 2. The van der Waals surface area contributed by atoms with Gasteiger partial charge < -0.3 is 4.90 Å². The molecule has 0 amide bonds. The Labute approximate surface area is 118 Å². The van der Waals surface area contributed by atoms with Gasteiger partial charge in [-0.3, -0.25) is 10.1 Å². The van der Waals surface area contributed by atoms with E-state index in [0.29, 0.717) is 18.8 Å². The van der Waals surface area contributed by atoms with Crippen LogP contribution in [0.25, 0.3) is 0 Å². The molecule has 0 aliphatic rings. The molecular formula is C13H12F2N2O2S. The van der Waals surface area contributed by atoms with Gasteiger partial charge in [-0.05, 0) is 24.6 Å². The first-order valence-corrected chi connectivity index (χ1v) is 6.81. The van der Waals surface area contributed by atoms with E-state index >= 15 is 0 Å². The van der Waals surface area contributed by atoms with Gasteiger partial charge in [0.2, 0.25) is 0 Å². The summed E-state index contributed by atoms with van der Waals surface area (Å²) in [5.74, 6) is -1.80. The summed E-state index contributed by atoms with van der Waals surface area (Å²) in [5, 5.41) is 12.4. The molecule has 0 aliphatic heterocycles. The number of benzene rings is 1. The molecule has 2 rings (SSSR count). The average molecular weight is 298 g/mol. The Morgan fingerprint density at radius 2 is 2.05 bits per heavy atom. The molecule has 0 atom stereocenters. The molecule has 0 fully saturated rings. The highest BCUT2D eigenvalue weighted by molar-refractivity contribution is 7.13. The summed E-state index contributed by atoms with van der Waals surface area (Å²) in [6.07, 6.45) is 0. The number of thiophene rings is 1. The molecule has 0 spiro atoms. The van der Waals surface area contributed by atoms with Crippen molar-refractivity contribution in [2.24, 2.45) is 0 Å². The molecule has 7 heteroatoms. The van der Waals surface area contributed by atoms with Crippen molar-refractivity contribution in [3.8, 4) is 0 Å². The summed E-state index contributed by atoms with van der Waals surface area (Å²) in [4.78, 5) is 12.0. The number of nitrogens with zero attached hydrogens (tertiary/aromatic N) is 2. The summed E-state index contributed by atoms with van der Waals surface area (Å²) < 4.78 is 26.2. The van der Waals surface area contributed by atoms with Crippen LogP contribution < -0.4 is 4.90 Å². The van der Waals surface area contributed by atoms with Crippen LogP contribution in [0.5, 0.6) is 0 Å². The highest BCUT2D eigenvalue weighted by Gasteiger charge is 2.13. The maximum absolute atomic E-state index is 13.2. The Morgan fingerprint density at radius 1 is 1.30 bits per heavy atom. The van der Waals surface area contributed by atoms with E-state index in [1.807, 2.05) is 11.8 Å². The second-order valence-corrected chi connectivity index (χ2v) is 5.05. The molecule has 1 aromatic carbocycles. The van der Waals surface area contributed by atoms with Crippen molar-refractivity contribution in [3.63, 3.8) is 0 Å². The van der Waals surface area contributed by atoms with Crippen LogP contribution in [0.4, 0.5) is 19.5 Å². The highest BCUT2D eigenvalue weighted by atomic mass is 32.1. The molecule has 0 aliphatic carbocycles. The SMILES string of the molecule is CCN(Cc1csc([N+](=O)[O-])c1)c1ccc(F)c(F)c1. The Bertz CT molecular complexity index is 631. The Balaban J connectivity index is 2.19. The first kappa shape index (κ1) is 14.4. The molecule has 0 unspecified atom stereocenters. The van der Waals surface area contributed by atoms with E-state index in [1.54, 1.807) is 5.38 Å². The van der Waals surface area contributed by atoms with E-state index in [0.717, 1.165) is 29.0 Å². The van der Waals surface area contributed by atoms with Crippen LogP contribution in [0.1, 0.15) is 12.5 Å². The largest absolute Gasteiger partial charge is 0.367 e. The predicted octanol–water partition coefficient (Wildman–Crippen LogP) is 3.96. The van der Waals surface area contributed by atoms with E-state index in [4.69, 9.17) is 0 Å². The number of anilines is 1. The van der Waals surface area contributed by atoms with Crippen LogP contribution in [0.3, 0.4) is 0 Å². The van der Waals surface area contributed by atoms with Crippen LogP contribution >= 0.6 is 11.3 Å². The van der Waals surface area contributed by atoms with Crippen molar-refractivity contribution >= 4 is 22.0 Å². The maximum Gasteiger partial charge on any atom is 0.324 e. The fourth-order valence-electron chi connectivity index (χ4n) is 1.83. The van der Waals surface area contributed by atoms with Gasteiger partial charge in [-0.15, -0.1) is 0 Å². The first-order valence-electron chi connectivity index (χ1n) is 5.93. The second-order valence-electron chi connectivity index (χ2n) is 4.16. The van der Waals surface area contributed by atoms with Gasteiger partial charge in [-0.2, -0.15) is 0 Å². The molecule has 4 nitrogen and oxygen atoms in total. The van der Waals surface area contributed by atoms with Gasteiger partial charge in [0, 0.05) is 36.3 Å². The third-order valence-electron chi connectivity index (χ3n) is 2.84. The Morgan fingerprint density at radius 3 is 2.60 bits per heavy atom. The van der Waals surface area contributed by atoms with Crippen molar-refractivity contribution in [1.29, 1.82) is 0 Å². The van der Waals surface area contributed by atoms with E-state index in [2.05, 4.69) is 0 Å². The number of hydrogen-bond donors (Lipinski definition) is 0. The zero-order valence-corrected chi connectivity index (χ0v) is 11.5. The lowest BCUT2D eigenvalue weighted by atomic mass is 10.2. The monoisotopic (exact) mass is 298 g/mol. The van der Waals surface area contributed by atoms with Gasteiger partial charge in [-0.1, -0.05) is 11.3 Å². The normalized spacial score (nSPS) is 10.6. The standard InChI is InChI=1S/C13H12F2N2O2S/c1-2-16(10-3-4-11(14)12(15)6-10)7-9-5-13(17(18)19)20-8-9/h3-6,8H,2,7H2,1H3. The second kappa shape index (κ2) is 5.96. The molecule has 0 bridgehead atoms. The summed E-state index contributed by atoms with van der Waals surface area (Å²) >= 11 is 1.05. The molecule has 20 heavy (non-hydrogen) atoms. The number of rotatable bonds is 5. The van der Waals surface area contributed by atoms with Gasteiger partial charge in [0.1, 0.15) is 0 Å². The van der Waals surface area contributed by atoms with Crippen molar-refractivity contribution in [3.05, 3.63) is 57.0 Å². The lowest BCUT2D eigenvalue weighted by Crippen LogP contribution is -2.21. The van der Waals surface area contributed by atoms with Crippen LogP contribution in [-0.2, 0) is 6.54 Å². The van der Waals surface area contributed by atoms with E-state index in [1.165, 1.54) is 12.1 Å². The summed E-state index contributed by atoms with van der Waals surface area (Å²) in [6.45, 7) is 2.86. The smallest absolute Gasteiger partial charge is 0.324 e. The minimum Gasteiger partial charge on any atom is -0.367 e. The zero-order chi connectivity index (χ0) is 14.7. The zero-order valence-electron chi connectivity index (χ0n) is 10.7. The van der Waals surface area contributed by atoms with E-state index < -0.39 is 16.6 Å². The molecule has 0 N–H and O–H groups in total. The summed E-state index contributed by atoms with van der Waals surface area (Å²) in [6, 6.07) is 5.18. The number of nitro groups is 1. The quantitative estimate of drug-likeness (QED) is 0.620. The van der Waals surface area contributed by atoms with Gasteiger partial charge in [0.25, 0.3) is 0 Å². The summed E-state index contributed by atoms with van der Waals surface area (Å²) in [5.41, 5.74) is 1.31. The minimum absolute atomic E-state index is 0.0707. The molecule has 0 saturated heterocycles. The maximum atomic E-state index is 13.2. The molecular weight excluding hydrogens is 286 g/mol. The highest BCUT2D eigenvalue weighted by Crippen LogP contribution is 2.26. The molecule has 0 saturated carbocycles. The lowest BCUT2D eigenvalue weighted by Gasteiger charge is -2.22. The third kappa shape index (κ3) is 3.11. The van der Waals surface area contributed by atoms with Crippen molar-refractivity contribution in [1.82, 2.24) is 0 Å². The average Bonchev–Trinajstić information content (AvgIpc) is 2.88. The summed E-state index contributed by atoms with van der Waals surface area (Å²) in [7, 11) is 0. The van der Waals surface area contributed by atoms with E-state index in [9.17, 15) is 18.9 Å². The van der Waals surface area contributed by atoms with Gasteiger partial charge in [0.15, 0.2) is 11.6 Å². The Kier molecular flexibility index (Phi) is 4.29. The molecule has 1 aromatic heterocycles. The van der Waals surface area contributed by atoms with Crippen molar-refractivity contribution < 1.29 is 13.7 Å². The van der Waals surface area contributed by atoms with Gasteiger partial charge in [-0.25, -0.2) is 8.78 Å². The third-order valence-corrected chi connectivity index (χ3v) is 3.77. The molecule has 1 heterocycles. The molecule has 2 aromatic rings. The fraction of sp³-hybridized carbons (Fsp3) is 0.231. The number of hydrogen-bond acceptors (Lipinski definition) is 4. The fourth-order valence-corrected chi connectivity index (χ4v) is 2.55. The van der Waals surface area contributed by atoms with Crippen molar-refractivity contribution in [2.75, 3.05) is 11.4 Å². The van der Waals surface area contributed by atoms with Crippen LogP contribution in [0, 0.1) is 21.7 Å². The first-order chi connectivity index (χ1) is 9.51. The lowest BCUT2D eigenvalue weighted by molar-refractivity contribution is -0.380. The minimum atomic E-state index is -0.905. The van der Waals surface area contributed by atoms with Crippen molar-refractivity contribution in [2.45, 2.75) is 13.5 Å². The van der Waals surface area contributed by atoms with Crippen LogP contribution in [0.15, 0.2) is 29.6 Å². The molecule has 106 valence electrons. The van der Waals surface area contributed by atoms with Crippen LogP contribution in [0.2, 0.25) is 0 Å².